The van der Waals surface area contributed by atoms with E-state index in [2.05, 4.69) is 22.4 Å². The van der Waals surface area contributed by atoms with Crippen LogP contribution in [0.25, 0.3) is 0 Å². The van der Waals surface area contributed by atoms with Crippen LogP contribution in [-0.4, -0.2) is 65.2 Å². The van der Waals surface area contributed by atoms with Crippen LogP contribution in [0, 0.1) is 6.92 Å². The van der Waals surface area contributed by atoms with Gasteiger partial charge in [-0.3, -0.25) is 9.59 Å². The van der Waals surface area contributed by atoms with Crippen molar-refractivity contribution in [1.82, 2.24) is 15.2 Å². The lowest BCUT2D eigenvalue weighted by Crippen LogP contribution is -2.48. The van der Waals surface area contributed by atoms with Crippen LogP contribution in [0.4, 0.5) is 0 Å². The van der Waals surface area contributed by atoms with E-state index >= 15 is 0 Å². The largest absolute Gasteiger partial charge is 0.507 e. The number of nitrogens with one attached hydrogen (secondary N) is 1. The summed E-state index contributed by atoms with van der Waals surface area (Å²) < 4.78 is 6.01. The molecule has 1 saturated heterocycles. The van der Waals surface area contributed by atoms with Gasteiger partial charge in [0, 0.05) is 43.7 Å². The minimum atomic E-state index is -0.482. The smallest absolute Gasteiger partial charge is 0.289 e. The molecule has 1 fully saturated rings. The molecular formula is C23H28N4O4. The fourth-order valence-electron chi connectivity index (χ4n) is 4.24. The molecule has 0 radical (unpaired) electrons. The Labute approximate surface area is 181 Å². The molecule has 2 heterocycles. The number of piperazine rings is 1. The van der Waals surface area contributed by atoms with Crippen LogP contribution in [0.15, 0.2) is 33.8 Å². The molecule has 31 heavy (non-hydrogen) atoms. The molecule has 0 bridgehead atoms. The summed E-state index contributed by atoms with van der Waals surface area (Å²) in [6.45, 7) is 8.11. The molecule has 0 saturated carbocycles. The normalized spacial score (nSPS) is 18.1. The number of carbonyl (C=O) groups excluding carboxylic acids is 2. The van der Waals surface area contributed by atoms with E-state index in [0.717, 1.165) is 49.4 Å². The number of hydrazone groups is 1. The highest BCUT2D eigenvalue weighted by Crippen LogP contribution is 2.31. The SMILES string of the molecule is CCN1CCN(C(=O)c2oc3c(c2C)/C(=N/NC(=O)c2ccccc2O)CCC3)CC1. The first-order chi connectivity index (χ1) is 15.0. The summed E-state index contributed by atoms with van der Waals surface area (Å²) in [6.07, 6.45) is 2.24. The van der Waals surface area contributed by atoms with Crippen molar-refractivity contribution in [2.45, 2.75) is 33.1 Å². The van der Waals surface area contributed by atoms with Crippen molar-refractivity contribution in [3.63, 3.8) is 0 Å². The molecule has 0 spiro atoms. The highest BCUT2D eigenvalue weighted by molar-refractivity contribution is 6.07. The van der Waals surface area contributed by atoms with Gasteiger partial charge in [-0.25, -0.2) is 5.43 Å². The monoisotopic (exact) mass is 424 g/mol. The second-order valence-electron chi connectivity index (χ2n) is 7.95. The number of fused-ring (bicyclic) bond motifs is 1. The van der Waals surface area contributed by atoms with Crippen molar-refractivity contribution < 1.29 is 19.1 Å². The Morgan fingerprint density at radius 2 is 1.90 bits per heavy atom. The van der Waals surface area contributed by atoms with Crippen molar-refractivity contribution in [3.05, 3.63) is 52.5 Å². The van der Waals surface area contributed by atoms with E-state index < -0.39 is 5.91 Å². The van der Waals surface area contributed by atoms with Crippen molar-refractivity contribution in [3.8, 4) is 5.75 Å². The van der Waals surface area contributed by atoms with Gasteiger partial charge >= 0.3 is 0 Å². The van der Waals surface area contributed by atoms with Crippen LogP contribution in [0.5, 0.6) is 5.75 Å². The lowest BCUT2D eigenvalue weighted by atomic mass is 9.93. The van der Waals surface area contributed by atoms with Gasteiger partial charge in [-0.2, -0.15) is 5.10 Å². The number of furan rings is 1. The van der Waals surface area contributed by atoms with Crippen LogP contribution in [-0.2, 0) is 6.42 Å². The number of benzene rings is 1. The summed E-state index contributed by atoms with van der Waals surface area (Å²) in [6, 6.07) is 6.33. The van der Waals surface area contributed by atoms with Crippen LogP contribution >= 0.6 is 0 Å². The third-order valence-corrected chi connectivity index (χ3v) is 6.07. The van der Waals surface area contributed by atoms with E-state index in [9.17, 15) is 14.7 Å². The number of aryl methyl sites for hydroxylation is 1. The van der Waals surface area contributed by atoms with Gasteiger partial charge in [-0.1, -0.05) is 19.1 Å². The molecule has 8 heteroatoms. The molecule has 8 nitrogen and oxygen atoms in total. The maximum absolute atomic E-state index is 13.1. The molecule has 1 aromatic heterocycles. The molecule has 0 atom stereocenters. The molecule has 2 amide bonds. The number of phenols is 1. The molecule has 2 aromatic rings. The number of rotatable bonds is 4. The molecule has 1 aliphatic carbocycles. The van der Waals surface area contributed by atoms with Crippen LogP contribution in [0.2, 0.25) is 0 Å². The van der Waals surface area contributed by atoms with Gasteiger partial charge in [0.05, 0.1) is 11.3 Å². The lowest BCUT2D eigenvalue weighted by Gasteiger charge is -2.33. The molecule has 1 aliphatic heterocycles. The summed E-state index contributed by atoms with van der Waals surface area (Å²) >= 11 is 0. The average Bonchev–Trinajstić information content (AvgIpc) is 3.14. The van der Waals surface area contributed by atoms with E-state index in [1.165, 1.54) is 12.1 Å². The maximum atomic E-state index is 13.1. The van der Waals surface area contributed by atoms with E-state index in [1.807, 2.05) is 11.8 Å². The van der Waals surface area contributed by atoms with Gasteiger partial charge in [0.1, 0.15) is 11.5 Å². The zero-order chi connectivity index (χ0) is 22.0. The zero-order valence-corrected chi connectivity index (χ0v) is 18.0. The molecule has 164 valence electrons. The Kier molecular flexibility index (Phi) is 6.08. The molecular weight excluding hydrogens is 396 g/mol. The lowest BCUT2D eigenvalue weighted by molar-refractivity contribution is 0.0609. The van der Waals surface area contributed by atoms with Gasteiger partial charge in [-0.15, -0.1) is 0 Å². The number of aromatic hydroxyl groups is 1. The minimum absolute atomic E-state index is 0.0831. The van der Waals surface area contributed by atoms with E-state index in [0.29, 0.717) is 31.0 Å². The first kappa shape index (κ1) is 21.1. The van der Waals surface area contributed by atoms with E-state index in [-0.39, 0.29) is 17.2 Å². The standard InChI is InChI=1S/C23H28N4O4/c1-3-26-11-13-27(14-12-26)23(30)21-15(2)20-17(8-6-10-19(20)31-21)24-25-22(29)16-7-4-5-9-18(16)28/h4-5,7,9,28H,3,6,8,10-14H2,1-2H3,(H,25,29)/b24-17+. The Morgan fingerprint density at radius 1 is 1.16 bits per heavy atom. The third kappa shape index (κ3) is 4.20. The summed E-state index contributed by atoms with van der Waals surface area (Å²) in [4.78, 5) is 29.7. The third-order valence-electron chi connectivity index (χ3n) is 6.07. The number of para-hydroxylation sites is 1. The molecule has 1 aromatic carbocycles. The highest BCUT2D eigenvalue weighted by Gasteiger charge is 2.31. The van der Waals surface area contributed by atoms with Crippen molar-refractivity contribution in [2.75, 3.05) is 32.7 Å². The first-order valence-corrected chi connectivity index (χ1v) is 10.8. The number of likely N-dealkylation sites (N-methyl/N-ethyl adjacent to an activating group) is 1. The predicted octanol–water partition coefficient (Wildman–Crippen LogP) is 2.54. The number of hydrogen-bond acceptors (Lipinski definition) is 6. The minimum Gasteiger partial charge on any atom is -0.507 e. The van der Waals surface area contributed by atoms with Gasteiger partial charge in [0.25, 0.3) is 11.8 Å². The summed E-state index contributed by atoms with van der Waals surface area (Å²) in [5, 5.41) is 14.2. The van der Waals surface area contributed by atoms with E-state index in [4.69, 9.17) is 4.42 Å². The number of hydrogen-bond donors (Lipinski definition) is 2. The quantitative estimate of drug-likeness (QED) is 0.735. The van der Waals surface area contributed by atoms with Crippen LogP contribution < -0.4 is 5.43 Å². The molecule has 4 rings (SSSR count). The Hall–Kier alpha value is -3.13. The summed E-state index contributed by atoms with van der Waals surface area (Å²) in [5.41, 5.74) is 4.98. The van der Waals surface area contributed by atoms with Gasteiger partial charge < -0.3 is 19.3 Å². The average molecular weight is 425 g/mol. The van der Waals surface area contributed by atoms with Crippen molar-refractivity contribution in [1.29, 1.82) is 0 Å². The Balaban J connectivity index is 1.54. The fraction of sp³-hybridized carbons (Fsp3) is 0.435. The molecule has 2 N–H and O–H groups in total. The fourth-order valence-corrected chi connectivity index (χ4v) is 4.24. The zero-order valence-electron chi connectivity index (χ0n) is 18.0. The van der Waals surface area contributed by atoms with Crippen molar-refractivity contribution >= 4 is 17.5 Å². The van der Waals surface area contributed by atoms with Gasteiger partial charge in [0.2, 0.25) is 0 Å². The summed E-state index contributed by atoms with van der Waals surface area (Å²) in [5.74, 6) is 0.454. The molecule has 0 unspecified atom stereocenters. The highest BCUT2D eigenvalue weighted by atomic mass is 16.4. The number of carbonyl (C=O) groups is 2. The van der Waals surface area contributed by atoms with Crippen LogP contribution in [0.3, 0.4) is 0 Å². The van der Waals surface area contributed by atoms with E-state index in [1.54, 1.807) is 12.1 Å². The second kappa shape index (κ2) is 8.93. The Morgan fingerprint density at radius 3 is 2.61 bits per heavy atom. The van der Waals surface area contributed by atoms with Gasteiger partial charge in [0.15, 0.2) is 5.76 Å². The number of amides is 2. The van der Waals surface area contributed by atoms with Crippen LogP contribution in [0.1, 0.15) is 57.6 Å². The van der Waals surface area contributed by atoms with Crippen molar-refractivity contribution in [2.24, 2.45) is 5.10 Å². The number of phenolic OH excluding ortho intramolecular Hbond substituents is 1. The summed E-state index contributed by atoms with van der Waals surface area (Å²) in [7, 11) is 0. The first-order valence-electron chi connectivity index (χ1n) is 10.8. The second-order valence-corrected chi connectivity index (χ2v) is 7.95. The topological polar surface area (TPSA) is 98.4 Å². The van der Waals surface area contributed by atoms with Gasteiger partial charge in [-0.05, 0) is 38.4 Å². The Bertz CT molecular complexity index is 1020. The maximum Gasteiger partial charge on any atom is 0.289 e. The predicted molar refractivity (Wildman–Crippen MR) is 117 cm³/mol. The number of nitrogens with zero attached hydrogens (tertiary/aromatic N) is 3. The molecule has 2 aliphatic rings.